The first-order chi connectivity index (χ1) is 9.13. The van der Waals surface area contributed by atoms with E-state index in [1.54, 1.807) is 0 Å². The van der Waals surface area contributed by atoms with Gasteiger partial charge in [-0.3, -0.25) is 0 Å². The fourth-order valence-electron chi connectivity index (χ4n) is 1.86. The van der Waals surface area contributed by atoms with E-state index in [9.17, 15) is 0 Å². The van der Waals surface area contributed by atoms with Crippen LogP contribution in [0.4, 0.5) is 0 Å². The molecule has 0 fully saturated rings. The lowest BCUT2D eigenvalue weighted by atomic mass is 10.1. The van der Waals surface area contributed by atoms with Crippen molar-refractivity contribution >= 4 is 11.6 Å². The Morgan fingerprint density at radius 2 is 2.00 bits per heavy atom. The summed E-state index contributed by atoms with van der Waals surface area (Å²) in [6, 6.07) is 5.97. The molecular weight excluding hydrogens is 260 g/mol. The van der Waals surface area contributed by atoms with Gasteiger partial charge in [0.25, 0.3) is 0 Å². The minimum atomic E-state index is 0.470. The molecule has 2 aromatic rings. The summed E-state index contributed by atoms with van der Waals surface area (Å²) >= 11 is 6.11. The Morgan fingerprint density at radius 1 is 1.21 bits per heavy atom. The van der Waals surface area contributed by atoms with Crippen LogP contribution in [0.1, 0.15) is 30.0 Å². The van der Waals surface area contributed by atoms with Crippen LogP contribution < -0.4 is 4.74 Å². The fraction of sp³-hybridized carbons (Fsp3) is 0.333. The number of benzene rings is 1. The van der Waals surface area contributed by atoms with Crippen LogP contribution in [-0.2, 0) is 6.42 Å². The Kier molecular flexibility index (Phi) is 4.38. The van der Waals surface area contributed by atoms with Gasteiger partial charge in [-0.25, -0.2) is 9.97 Å². The number of aryl methyl sites for hydroxylation is 1. The molecule has 1 aromatic heterocycles. The van der Waals surface area contributed by atoms with Crippen LogP contribution >= 0.6 is 11.6 Å². The predicted molar refractivity (Wildman–Crippen MR) is 77.0 cm³/mol. The van der Waals surface area contributed by atoms with Crippen molar-refractivity contribution in [2.24, 2.45) is 0 Å². The number of rotatable bonds is 4. The maximum atomic E-state index is 6.11. The molecule has 0 amide bonds. The first-order valence-electron chi connectivity index (χ1n) is 6.37. The minimum Gasteiger partial charge on any atom is -0.438 e. The summed E-state index contributed by atoms with van der Waals surface area (Å²) in [7, 11) is 0. The molecule has 4 heteroatoms. The predicted octanol–water partition coefficient (Wildman–Crippen LogP) is 4.49. The van der Waals surface area contributed by atoms with Crippen LogP contribution in [-0.4, -0.2) is 9.97 Å². The van der Waals surface area contributed by atoms with Crippen LogP contribution in [0, 0.1) is 13.8 Å². The lowest BCUT2D eigenvalue weighted by Crippen LogP contribution is -1.99. The molecule has 0 aliphatic rings. The zero-order valence-electron chi connectivity index (χ0n) is 11.4. The number of hydrogen-bond acceptors (Lipinski definition) is 3. The molecule has 1 aromatic carbocycles. The summed E-state index contributed by atoms with van der Waals surface area (Å²) in [4.78, 5) is 8.22. The SMILES string of the molecule is CCCc1c(Cl)ncnc1Oc1cccc(C)c1C. The second kappa shape index (κ2) is 6.02. The maximum Gasteiger partial charge on any atom is 0.227 e. The van der Waals surface area contributed by atoms with Crippen molar-refractivity contribution in [2.45, 2.75) is 33.6 Å². The van der Waals surface area contributed by atoms with Gasteiger partial charge in [-0.15, -0.1) is 0 Å². The third kappa shape index (κ3) is 3.04. The van der Waals surface area contributed by atoms with E-state index >= 15 is 0 Å². The molecule has 0 unspecified atom stereocenters. The highest BCUT2D eigenvalue weighted by molar-refractivity contribution is 6.30. The highest BCUT2D eigenvalue weighted by Crippen LogP contribution is 2.30. The molecule has 0 saturated heterocycles. The van der Waals surface area contributed by atoms with Gasteiger partial charge in [-0.05, 0) is 37.5 Å². The molecule has 19 heavy (non-hydrogen) atoms. The number of hydrogen-bond donors (Lipinski definition) is 0. The molecule has 0 bridgehead atoms. The largest absolute Gasteiger partial charge is 0.438 e. The van der Waals surface area contributed by atoms with E-state index < -0.39 is 0 Å². The molecular formula is C15H17ClN2O. The van der Waals surface area contributed by atoms with E-state index in [1.165, 1.54) is 11.9 Å². The Morgan fingerprint density at radius 3 is 2.74 bits per heavy atom. The Bertz CT molecular complexity index is 584. The van der Waals surface area contributed by atoms with Gasteiger partial charge in [0.05, 0.1) is 5.56 Å². The van der Waals surface area contributed by atoms with Crippen LogP contribution in [0.15, 0.2) is 24.5 Å². The van der Waals surface area contributed by atoms with Crippen LogP contribution in [0.5, 0.6) is 11.6 Å². The third-order valence-electron chi connectivity index (χ3n) is 3.11. The monoisotopic (exact) mass is 276 g/mol. The van der Waals surface area contributed by atoms with E-state index in [0.717, 1.165) is 29.7 Å². The molecule has 0 saturated carbocycles. The molecule has 0 radical (unpaired) electrons. The van der Waals surface area contributed by atoms with Crippen LogP contribution in [0.25, 0.3) is 0 Å². The molecule has 3 nitrogen and oxygen atoms in total. The minimum absolute atomic E-state index is 0.470. The normalized spacial score (nSPS) is 10.5. The van der Waals surface area contributed by atoms with Gasteiger partial charge in [0.1, 0.15) is 17.2 Å². The second-order valence-electron chi connectivity index (χ2n) is 4.50. The summed E-state index contributed by atoms with van der Waals surface area (Å²) in [5, 5.41) is 0.470. The van der Waals surface area contributed by atoms with Crippen molar-refractivity contribution in [1.29, 1.82) is 0 Å². The quantitative estimate of drug-likeness (QED) is 0.772. The third-order valence-corrected chi connectivity index (χ3v) is 3.44. The van der Waals surface area contributed by atoms with Gasteiger partial charge in [-0.2, -0.15) is 0 Å². The summed E-state index contributed by atoms with van der Waals surface area (Å²) in [5.74, 6) is 1.36. The zero-order chi connectivity index (χ0) is 13.8. The van der Waals surface area contributed by atoms with Crippen molar-refractivity contribution in [2.75, 3.05) is 0 Å². The van der Waals surface area contributed by atoms with Crippen molar-refractivity contribution in [3.05, 3.63) is 46.4 Å². The van der Waals surface area contributed by atoms with Crippen molar-refractivity contribution in [3.8, 4) is 11.6 Å². The van der Waals surface area contributed by atoms with Gasteiger partial charge in [0.15, 0.2) is 0 Å². The summed E-state index contributed by atoms with van der Waals surface area (Å²) in [6.07, 6.45) is 3.21. The fourth-order valence-corrected chi connectivity index (χ4v) is 2.08. The van der Waals surface area contributed by atoms with Crippen LogP contribution in [0.3, 0.4) is 0 Å². The average Bonchev–Trinajstić information content (AvgIpc) is 2.39. The molecule has 0 aliphatic carbocycles. The lowest BCUT2D eigenvalue weighted by molar-refractivity contribution is 0.450. The first kappa shape index (κ1) is 13.8. The van der Waals surface area contributed by atoms with E-state index in [1.807, 2.05) is 19.1 Å². The van der Waals surface area contributed by atoms with E-state index in [4.69, 9.17) is 16.3 Å². The van der Waals surface area contributed by atoms with E-state index in [-0.39, 0.29) is 0 Å². The highest BCUT2D eigenvalue weighted by Gasteiger charge is 2.12. The zero-order valence-corrected chi connectivity index (χ0v) is 12.2. The lowest BCUT2D eigenvalue weighted by Gasteiger charge is -2.13. The molecule has 0 spiro atoms. The smallest absolute Gasteiger partial charge is 0.227 e. The standard InChI is InChI=1S/C15H17ClN2O/c1-4-6-12-14(16)17-9-18-15(12)19-13-8-5-7-10(2)11(13)3/h5,7-9H,4,6H2,1-3H3. The topological polar surface area (TPSA) is 35.0 Å². The first-order valence-corrected chi connectivity index (χ1v) is 6.74. The van der Waals surface area contributed by atoms with Gasteiger partial charge in [-0.1, -0.05) is 37.1 Å². The van der Waals surface area contributed by atoms with E-state index in [0.29, 0.717) is 11.0 Å². The number of ether oxygens (including phenoxy) is 1. The molecule has 0 N–H and O–H groups in total. The number of halogens is 1. The van der Waals surface area contributed by atoms with Gasteiger partial charge in [0, 0.05) is 0 Å². The molecule has 100 valence electrons. The van der Waals surface area contributed by atoms with Crippen molar-refractivity contribution in [3.63, 3.8) is 0 Å². The van der Waals surface area contributed by atoms with Gasteiger partial charge >= 0.3 is 0 Å². The Hall–Kier alpha value is -1.61. The summed E-state index contributed by atoms with van der Waals surface area (Å²) < 4.78 is 5.92. The molecule has 0 atom stereocenters. The average molecular weight is 277 g/mol. The van der Waals surface area contributed by atoms with Crippen LogP contribution in [0.2, 0.25) is 5.15 Å². The number of aromatic nitrogens is 2. The highest BCUT2D eigenvalue weighted by atomic mass is 35.5. The summed E-state index contributed by atoms with van der Waals surface area (Å²) in [6.45, 7) is 6.18. The Balaban J connectivity index is 2.38. The van der Waals surface area contributed by atoms with Crippen molar-refractivity contribution < 1.29 is 4.74 Å². The Labute approximate surface area is 118 Å². The van der Waals surface area contributed by atoms with E-state index in [2.05, 4.69) is 29.9 Å². The second-order valence-corrected chi connectivity index (χ2v) is 4.86. The van der Waals surface area contributed by atoms with Crippen molar-refractivity contribution in [1.82, 2.24) is 9.97 Å². The molecule has 2 rings (SSSR count). The number of nitrogens with zero attached hydrogens (tertiary/aromatic N) is 2. The van der Waals surface area contributed by atoms with Gasteiger partial charge in [0.2, 0.25) is 5.88 Å². The summed E-state index contributed by atoms with van der Waals surface area (Å²) in [5.41, 5.74) is 3.17. The molecule has 0 aliphatic heterocycles. The molecule has 1 heterocycles. The van der Waals surface area contributed by atoms with Gasteiger partial charge < -0.3 is 4.74 Å². The maximum absolute atomic E-state index is 6.11.